The van der Waals surface area contributed by atoms with Crippen LogP contribution in [0.15, 0.2) is 48.9 Å². The van der Waals surface area contributed by atoms with Crippen LogP contribution in [0.5, 0.6) is 0 Å². The topological polar surface area (TPSA) is 40.7 Å². The van der Waals surface area contributed by atoms with Crippen molar-refractivity contribution in [2.45, 2.75) is 20.0 Å². The van der Waals surface area contributed by atoms with Gasteiger partial charge < -0.3 is 10.3 Å². The van der Waals surface area contributed by atoms with Gasteiger partial charge in [-0.25, -0.2) is 0 Å². The summed E-state index contributed by atoms with van der Waals surface area (Å²) < 4.78 is 0. The Hall–Kier alpha value is -2.13. The summed E-state index contributed by atoms with van der Waals surface area (Å²) in [4.78, 5) is 7.41. The zero-order valence-electron chi connectivity index (χ0n) is 11.0. The standard InChI is InChI=1S/C16H17N3/c1-12-9-17-7-5-14(12)10-18-11-15-4-2-3-13-6-8-19-16(13)15/h2-9,18-19H,10-11H2,1H3. The average molecular weight is 251 g/mol. The van der Waals surface area contributed by atoms with E-state index in [1.807, 2.05) is 18.6 Å². The van der Waals surface area contributed by atoms with Crippen LogP contribution in [0.3, 0.4) is 0 Å². The molecule has 0 bridgehead atoms. The van der Waals surface area contributed by atoms with E-state index in [1.54, 1.807) is 0 Å². The summed E-state index contributed by atoms with van der Waals surface area (Å²) in [6.45, 7) is 3.82. The second kappa shape index (κ2) is 5.24. The number of rotatable bonds is 4. The van der Waals surface area contributed by atoms with E-state index in [9.17, 15) is 0 Å². The zero-order chi connectivity index (χ0) is 13.1. The summed E-state index contributed by atoms with van der Waals surface area (Å²) in [6.07, 6.45) is 5.74. The molecule has 3 heteroatoms. The van der Waals surface area contributed by atoms with Crippen LogP contribution >= 0.6 is 0 Å². The Labute approximate surface area is 112 Å². The monoisotopic (exact) mass is 251 g/mol. The Bertz CT molecular complexity index is 685. The number of pyridine rings is 1. The van der Waals surface area contributed by atoms with Crippen LogP contribution in [-0.2, 0) is 13.1 Å². The van der Waals surface area contributed by atoms with Crippen LogP contribution in [0.2, 0.25) is 0 Å². The minimum Gasteiger partial charge on any atom is -0.361 e. The molecule has 2 heterocycles. The average Bonchev–Trinajstić information content (AvgIpc) is 2.90. The van der Waals surface area contributed by atoms with Gasteiger partial charge in [-0.1, -0.05) is 18.2 Å². The molecule has 96 valence electrons. The van der Waals surface area contributed by atoms with Crippen LogP contribution in [0.25, 0.3) is 10.9 Å². The van der Waals surface area contributed by atoms with Crippen molar-refractivity contribution in [3.63, 3.8) is 0 Å². The molecule has 0 saturated carbocycles. The summed E-state index contributed by atoms with van der Waals surface area (Å²) in [5.74, 6) is 0. The van der Waals surface area contributed by atoms with Crippen molar-refractivity contribution in [2.75, 3.05) is 0 Å². The minimum absolute atomic E-state index is 0.861. The number of aromatic amines is 1. The Morgan fingerprint density at radius 1 is 1.11 bits per heavy atom. The van der Waals surface area contributed by atoms with Gasteiger partial charge in [0.2, 0.25) is 0 Å². The Morgan fingerprint density at radius 2 is 2.00 bits per heavy atom. The van der Waals surface area contributed by atoms with Gasteiger partial charge in [-0.05, 0) is 41.1 Å². The van der Waals surface area contributed by atoms with Gasteiger partial charge in [0.25, 0.3) is 0 Å². The first-order chi connectivity index (χ1) is 9.34. The fourth-order valence-corrected chi connectivity index (χ4v) is 2.33. The summed E-state index contributed by atoms with van der Waals surface area (Å²) in [5.41, 5.74) is 5.05. The third kappa shape index (κ3) is 2.51. The fourth-order valence-electron chi connectivity index (χ4n) is 2.33. The highest BCUT2D eigenvalue weighted by atomic mass is 14.9. The predicted molar refractivity (Wildman–Crippen MR) is 77.8 cm³/mol. The van der Waals surface area contributed by atoms with Crippen LogP contribution in [0, 0.1) is 6.92 Å². The summed E-state index contributed by atoms with van der Waals surface area (Å²) in [7, 11) is 0. The van der Waals surface area contributed by atoms with Crippen LogP contribution in [0.4, 0.5) is 0 Å². The number of fused-ring (bicyclic) bond motifs is 1. The van der Waals surface area contributed by atoms with E-state index in [2.05, 4.69) is 52.5 Å². The van der Waals surface area contributed by atoms with Gasteiger partial charge in [0.1, 0.15) is 0 Å². The number of aromatic nitrogens is 2. The number of aryl methyl sites for hydroxylation is 1. The number of nitrogens with zero attached hydrogens (tertiary/aromatic N) is 1. The lowest BCUT2D eigenvalue weighted by Crippen LogP contribution is -2.13. The van der Waals surface area contributed by atoms with Gasteiger partial charge >= 0.3 is 0 Å². The molecule has 2 aromatic heterocycles. The minimum atomic E-state index is 0.861. The van der Waals surface area contributed by atoms with Crippen molar-refractivity contribution in [2.24, 2.45) is 0 Å². The molecule has 0 aliphatic rings. The van der Waals surface area contributed by atoms with Crippen LogP contribution in [0.1, 0.15) is 16.7 Å². The fraction of sp³-hybridized carbons (Fsp3) is 0.188. The highest BCUT2D eigenvalue weighted by Gasteiger charge is 2.02. The maximum absolute atomic E-state index is 4.11. The maximum atomic E-state index is 4.11. The van der Waals surface area contributed by atoms with E-state index in [0.29, 0.717) is 0 Å². The lowest BCUT2D eigenvalue weighted by Gasteiger charge is -2.08. The number of hydrogen-bond acceptors (Lipinski definition) is 2. The Morgan fingerprint density at radius 3 is 2.89 bits per heavy atom. The molecule has 0 aliphatic heterocycles. The van der Waals surface area contributed by atoms with E-state index in [0.717, 1.165) is 13.1 Å². The summed E-state index contributed by atoms with van der Waals surface area (Å²) >= 11 is 0. The SMILES string of the molecule is Cc1cnccc1CNCc1cccc2cc[nH]c12. The zero-order valence-corrected chi connectivity index (χ0v) is 11.0. The molecular formula is C16H17N3. The molecule has 2 N–H and O–H groups in total. The molecule has 0 spiro atoms. The van der Waals surface area contributed by atoms with E-state index >= 15 is 0 Å². The van der Waals surface area contributed by atoms with Crippen molar-refractivity contribution in [1.29, 1.82) is 0 Å². The Balaban J connectivity index is 1.70. The molecule has 3 aromatic rings. The van der Waals surface area contributed by atoms with Gasteiger partial charge in [-0.2, -0.15) is 0 Å². The molecule has 3 nitrogen and oxygen atoms in total. The van der Waals surface area contributed by atoms with Crippen molar-refractivity contribution in [1.82, 2.24) is 15.3 Å². The number of nitrogens with one attached hydrogen (secondary N) is 2. The number of para-hydroxylation sites is 1. The second-order valence-corrected chi connectivity index (χ2v) is 4.76. The van der Waals surface area contributed by atoms with Crippen molar-refractivity contribution in [3.8, 4) is 0 Å². The molecule has 1 aromatic carbocycles. The van der Waals surface area contributed by atoms with Gasteiger partial charge in [0.05, 0.1) is 0 Å². The molecule has 0 aliphatic carbocycles. The molecule has 3 rings (SSSR count). The first kappa shape index (κ1) is 11.9. The second-order valence-electron chi connectivity index (χ2n) is 4.76. The molecule has 0 saturated heterocycles. The first-order valence-electron chi connectivity index (χ1n) is 6.50. The molecule has 0 fully saturated rings. The molecular weight excluding hydrogens is 234 g/mol. The van der Waals surface area contributed by atoms with Gasteiger partial charge in [-0.3, -0.25) is 4.98 Å². The van der Waals surface area contributed by atoms with E-state index in [1.165, 1.54) is 27.6 Å². The van der Waals surface area contributed by atoms with E-state index < -0.39 is 0 Å². The number of benzene rings is 1. The van der Waals surface area contributed by atoms with Gasteiger partial charge in [0.15, 0.2) is 0 Å². The molecule has 0 radical (unpaired) electrons. The largest absolute Gasteiger partial charge is 0.361 e. The highest BCUT2D eigenvalue weighted by Crippen LogP contribution is 2.16. The summed E-state index contributed by atoms with van der Waals surface area (Å²) in [5, 5.41) is 4.76. The molecule has 0 unspecified atom stereocenters. The first-order valence-corrected chi connectivity index (χ1v) is 6.50. The van der Waals surface area contributed by atoms with E-state index in [4.69, 9.17) is 0 Å². The molecule has 0 amide bonds. The molecule has 19 heavy (non-hydrogen) atoms. The number of hydrogen-bond donors (Lipinski definition) is 2. The van der Waals surface area contributed by atoms with Crippen molar-refractivity contribution < 1.29 is 0 Å². The lowest BCUT2D eigenvalue weighted by atomic mass is 10.1. The quantitative estimate of drug-likeness (QED) is 0.747. The normalized spacial score (nSPS) is 11.0. The van der Waals surface area contributed by atoms with Crippen LogP contribution < -0.4 is 5.32 Å². The highest BCUT2D eigenvalue weighted by molar-refractivity contribution is 5.82. The van der Waals surface area contributed by atoms with Crippen LogP contribution in [-0.4, -0.2) is 9.97 Å². The third-order valence-corrected chi connectivity index (χ3v) is 3.44. The molecule has 0 atom stereocenters. The third-order valence-electron chi connectivity index (χ3n) is 3.44. The van der Waals surface area contributed by atoms with E-state index in [-0.39, 0.29) is 0 Å². The van der Waals surface area contributed by atoms with Gasteiger partial charge in [0, 0.05) is 37.2 Å². The number of H-pyrrole nitrogens is 1. The van der Waals surface area contributed by atoms with Crippen molar-refractivity contribution >= 4 is 10.9 Å². The van der Waals surface area contributed by atoms with Crippen molar-refractivity contribution in [3.05, 3.63) is 65.6 Å². The van der Waals surface area contributed by atoms with Gasteiger partial charge in [-0.15, -0.1) is 0 Å². The maximum Gasteiger partial charge on any atom is 0.0499 e. The predicted octanol–water partition coefficient (Wildman–Crippen LogP) is 3.16. The Kier molecular flexibility index (Phi) is 3.29. The smallest absolute Gasteiger partial charge is 0.0499 e. The lowest BCUT2D eigenvalue weighted by molar-refractivity contribution is 0.692. The summed E-state index contributed by atoms with van der Waals surface area (Å²) in [6, 6.07) is 10.6.